The number of aldehydes is 1. The maximum Gasteiger partial charge on any atom is 0.137 e. The number of ether oxygens (including phenoxy) is 1. The SMILES string of the molecule is COCC(O)CN1CCCCC1C=O. The van der Waals surface area contributed by atoms with Crippen LogP contribution in [0.25, 0.3) is 0 Å². The molecule has 1 fully saturated rings. The topological polar surface area (TPSA) is 49.8 Å². The molecule has 0 aromatic rings. The number of hydrogen-bond acceptors (Lipinski definition) is 4. The minimum absolute atomic E-state index is 0.00439. The third-order valence-corrected chi connectivity index (χ3v) is 2.63. The molecule has 0 saturated carbocycles. The highest BCUT2D eigenvalue weighted by atomic mass is 16.5. The lowest BCUT2D eigenvalue weighted by atomic mass is 10.0. The van der Waals surface area contributed by atoms with Crippen LogP contribution in [0.3, 0.4) is 0 Å². The van der Waals surface area contributed by atoms with Crippen molar-refractivity contribution in [2.24, 2.45) is 0 Å². The van der Waals surface area contributed by atoms with Gasteiger partial charge in [-0.3, -0.25) is 4.90 Å². The van der Waals surface area contributed by atoms with E-state index in [0.717, 1.165) is 32.1 Å². The van der Waals surface area contributed by atoms with Crippen LogP contribution in [0, 0.1) is 0 Å². The summed E-state index contributed by atoms with van der Waals surface area (Å²) in [4.78, 5) is 12.8. The smallest absolute Gasteiger partial charge is 0.137 e. The highest BCUT2D eigenvalue weighted by molar-refractivity contribution is 5.57. The van der Waals surface area contributed by atoms with Gasteiger partial charge in [0, 0.05) is 13.7 Å². The second kappa shape index (κ2) is 6.11. The van der Waals surface area contributed by atoms with Gasteiger partial charge in [0.05, 0.1) is 18.8 Å². The third-order valence-electron chi connectivity index (χ3n) is 2.63. The summed E-state index contributed by atoms with van der Waals surface area (Å²) in [5.41, 5.74) is 0. The second-order valence-electron chi connectivity index (χ2n) is 3.80. The van der Waals surface area contributed by atoms with Gasteiger partial charge in [0.2, 0.25) is 0 Å². The molecule has 14 heavy (non-hydrogen) atoms. The first-order chi connectivity index (χ1) is 6.77. The van der Waals surface area contributed by atoms with Gasteiger partial charge < -0.3 is 14.6 Å². The average molecular weight is 201 g/mol. The zero-order valence-electron chi connectivity index (χ0n) is 8.69. The van der Waals surface area contributed by atoms with Crippen LogP contribution >= 0.6 is 0 Å². The molecule has 2 atom stereocenters. The number of carbonyl (C=O) groups is 1. The van der Waals surface area contributed by atoms with Crippen LogP contribution in [0.2, 0.25) is 0 Å². The van der Waals surface area contributed by atoms with Crippen molar-refractivity contribution in [3.63, 3.8) is 0 Å². The van der Waals surface area contributed by atoms with E-state index in [4.69, 9.17) is 4.74 Å². The summed E-state index contributed by atoms with van der Waals surface area (Å²) in [6, 6.07) is -0.00439. The Bertz CT molecular complexity index is 175. The van der Waals surface area contributed by atoms with Crippen molar-refractivity contribution in [2.45, 2.75) is 31.4 Å². The maximum atomic E-state index is 10.8. The molecule has 2 unspecified atom stereocenters. The number of β-amino-alcohol motifs (C(OH)–C–C–N with tert-alkyl or cyclic N) is 1. The van der Waals surface area contributed by atoms with Crippen molar-refractivity contribution in [2.75, 3.05) is 26.8 Å². The van der Waals surface area contributed by atoms with E-state index >= 15 is 0 Å². The standard InChI is InChI=1S/C10H19NO3/c1-14-8-10(13)6-11-5-3-2-4-9(11)7-12/h7,9-10,13H,2-6,8H2,1H3. The molecule has 1 aliphatic rings. The van der Waals surface area contributed by atoms with Crippen molar-refractivity contribution < 1.29 is 14.6 Å². The molecule has 4 heteroatoms. The van der Waals surface area contributed by atoms with Crippen LogP contribution in [0.1, 0.15) is 19.3 Å². The normalized spacial score (nSPS) is 26.0. The van der Waals surface area contributed by atoms with Crippen LogP contribution in [-0.4, -0.2) is 55.2 Å². The monoisotopic (exact) mass is 201 g/mol. The molecule has 1 N–H and O–H groups in total. The van der Waals surface area contributed by atoms with E-state index in [2.05, 4.69) is 0 Å². The number of likely N-dealkylation sites (tertiary alicyclic amines) is 1. The van der Waals surface area contributed by atoms with E-state index in [-0.39, 0.29) is 6.04 Å². The van der Waals surface area contributed by atoms with Crippen molar-refractivity contribution >= 4 is 6.29 Å². The molecule has 1 saturated heterocycles. The highest BCUT2D eigenvalue weighted by Crippen LogP contribution is 2.15. The van der Waals surface area contributed by atoms with Crippen LogP contribution < -0.4 is 0 Å². The third kappa shape index (κ3) is 3.36. The molecule has 4 nitrogen and oxygen atoms in total. The molecule has 1 rings (SSSR count). The number of rotatable bonds is 5. The van der Waals surface area contributed by atoms with Gasteiger partial charge in [-0.05, 0) is 19.4 Å². The predicted octanol–water partition coefficient (Wildman–Crippen LogP) is 0.0471. The summed E-state index contributed by atoms with van der Waals surface area (Å²) in [6.07, 6.45) is 3.65. The second-order valence-corrected chi connectivity index (χ2v) is 3.80. The van der Waals surface area contributed by atoms with Gasteiger partial charge in [-0.1, -0.05) is 6.42 Å². The van der Waals surface area contributed by atoms with E-state index < -0.39 is 6.10 Å². The molecule has 0 aromatic heterocycles. The zero-order valence-corrected chi connectivity index (χ0v) is 8.69. The first-order valence-electron chi connectivity index (χ1n) is 5.14. The summed E-state index contributed by atoms with van der Waals surface area (Å²) < 4.78 is 4.85. The molecule has 0 aromatic carbocycles. The number of methoxy groups -OCH3 is 1. The summed E-state index contributed by atoms with van der Waals surface area (Å²) in [5, 5.41) is 9.53. The van der Waals surface area contributed by atoms with Gasteiger partial charge in [0.25, 0.3) is 0 Å². The summed E-state index contributed by atoms with van der Waals surface area (Å²) in [5.74, 6) is 0. The molecule has 0 radical (unpaired) electrons. The Labute approximate surface area is 84.8 Å². The molecular weight excluding hydrogens is 182 g/mol. The number of nitrogens with zero attached hydrogens (tertiary/aromatic N) is 1. The number of piperidine rings is 1. The minimum atomic E-state index is -0.486. The van der Waals surface area contributed by atoms with Crippen molar-refractivity contribution in [1.82, 2.24) is 4.90 Å². The van der Waals surface area contributed by atoms with Gasteiger partial charge in [0.1, 0.15) is 6.29 Å². The highest BCUT2D eigenvalue weighted by Gasteiger charge is 2.23. The Kier molecular flexibility index (Phi) is 5.07. The number of aliphatic hydroxyl groups excluding tert-OH is 1. The lowest BCUT2D eigenvalue weighted by molar-refractivity contribution is -0.114. The first kappa shape index (κ1) is 11.6. The lowest BCUT2D eigenvalue weighted by Gasteiger charge is -2.33. The largest absolute Gasteiger partial charge is 0.389 e. The van der Waals surface area contributed by atoms with Gasteiger partial charge in [-0.2, -0.15) is 0 Å². The van der Waals surface area contributed by atoms with E-state index in [9.17, 15) is 9.90 Å². The van der Waals surface area contributed by atoms with Crippen LogP contribution in [-0.2, 0) is 9.53 Å². The molecule has 1 aliphatic heterocycles. The molecule has 0 bridgehead atoms. The molecule has 0 aliphatic carbocycles. The maximum absolute atomic E-state index is 10.8. The fraction of sp³-hybridized carbons (Fsp3) is 0.900. The Balaban J connectivity index is 2.35. The number of aliphatic hydroxyl groups is 1. The number of hydrogen-bond donors (Lipinski definition) is 1. The lowest BCUT2D eigenvalue weighted by Crippen LogP contribution is -2.45. The first-order valence-corrected chi connectivity index (χ1v) is 5.14. The van der Waals surface area contributed by atoms with Crippen LogP contribution in [0.15, 0.2) is 0 Å². The molecule has 1 heterocycles. The Morgan fingerprint density at radius 1 is 1.64 bits per heavy atom. The van der Waals surface area contributed by atoms with Gasteiger partial charge in [-0.25, -0.2) is 0 Å². The van der Waals surface area contributed by atoms with E-state index in [1.165, 1.54) is 0 Å². The van der Waals surface area contributed by atoms with Gasteiger partial charge >= 0.3 is 0 Å². The minimum Gasteiger partial charge on any atom is -0.389 e. The van der Waals surface area contributed by atoms with Crippen molar-refractivity contribution in [3.8, 4) is 0 Å². The van der Waals surface area contributed by atoms with E-state index in [0.29, 0.717) is 13.2 Å². The summed E-state index contributed by atoms with van der Waals surface area (Å²) >= 11 is 0. The van der Waals surface area contributed by atoms with E-state index in [1.54, 1.807) is 7.11 Å². The fourth-order valence-corrected chi connectivity index (χ4v) is 1.91. The van der Waals surface area contributed by atoms with Crippen molar-refractivity contribution in [1.29, 1.82) is 0 Å². The predicted molar refractivity (Wildman–Crippen MR) is 53.2 cm³/mol. The average Bonchev–Trinajstić information content (AvgIpc) is 2.19. The molecular formula is C10H19NO3. The van der Waals surface area contributed by atoms with Crippen molar-refractivity contribution in [3.05, 3.63) is 0 Å². The van der Waals surface area contributed by atoms with E-state index in [1.807, 2.05) is 4.90 Å². The Morgan fingerprint density at radius 2 is 2.43 bits per heavy atom. The quantitative estimate of drug-likeness (QED) is 0.638. The number of carbonyl (C=O) groups excluding carboxylic acids is 1. The molecule has 82 valence electrons. The van der Waals surface area contributed by atoms with Crippen LogP contribution in [0.4, 0.5) is 0 Å². The zero-order chi connectivity index (χ0) is 10.4. The summed E-state index contributed by atoms with van der Waals surface area (Å²) in [7, 11) is 1.57. The summed E-state index contributed by atoms with van der Waals surface area (Å²) in [6.45, 7) is 1.78. The molecule has 0 spiro atoms. The van der Waals surface area contributed by atoms with Gasteiger partial charge in [0.15, 0.2) is 0 Å². The Morgan fingerprint density at radius 3 is 3.07 bits per heavy atom. The molecule has 0 amide bonds. The fourth-order valence-electron chi connectivity index (χ4n) is 1.91. The van der Waals surface area contributed by atoms with Gasteiger partial charge in [-0.15, -0.1) is 0 Å². The Hall–Kier alpha value is -0.450. The van der Waals surface area contributed by atoms with Crippen LogP contribution in [0.5, 0.6) is 0 Å².